The fourth-order valence-electron chi connectivity index (χ4n) is 12.3. The minimum Gasteiger partial charge on any atom is -0.396 e. The van der Waals surface area contributed by atoms with Crippen molar-refractivity contribution in [1.82, 2.24) is 21.3 Å². The standard InChI is InChI=1S/C66H123N4O21P/c1-45(2)92(85,86)90-39-22-14-10-18-33-67-55(75)25-23-26-58(78)70-66(30-27-51(74)24-15-7-6-11-21-38-89-65-48(5)61(81)64(84)54(44-73)91-65,31-28-56(76)68-34-16-8-12-19-36-87-52-40-49(42-71)62(82)59(79)46(52)3)32-29-57(77)69-35-17-9-13-20-37-88-53-41-50(43-72)63(83)60(80)47(53)4/h45-50,52-54,59-65,71-73,79-84H,6-44H2,1-5H3,(H,67,75)(H,68,76)(H,69,77)(H,70,78)(H,85,86)/t46?,47?,48?,49?,50?,52-,53-,54?,59-,60-,61-,62+,63+,64+,65-,66?/m1/s1. The Kier molecular flexibility index (Phi) is 42.1. The van der Waals surface area contributed by atoms with Crippen LogP contribution in [0.4, 0.5) is 0 Å². The van der Waals surface area contributed by atoms with E-state index in [0.29, 0.717) is 97.2 Å². The number of Topliss-reactive ketones (excluding diaryl/α,β-unsaturated/α-hetero) is 1. The summed E-state index contributed by atoms with van der Waals surface area (Å²) < 4.78 is 40.8. The Hall–Kier alpha value is -2.82. The first-order valence-electron chi connectivity index (χ1n) is 34.9. The molecule has 1 heterocycles. The van der Waals surface area contributed by atoms with E-state index in [1.54, 1.807) is 20.8 Å². The van der Waals surface area contributed by atoms with E-state index in [-0.39, 0.29) is 131 Å². The van der Waals surface area contributed by atoms with Crippen LogP contribution in [-0.2, 0) is 52.0 Å². The zero-order valence-corrected chi connectivity index (χ0v) is 57.1. The number of hydrogen-bond acceptors (Lipinski definition) is 20. The first-order chi connectivity index (χ1) is 43.9. The Bertz CT molecular complexity index is 1930. The van der Waals surface area contributed by atoms with Gasteiger partial charge in [0.1, 0.15) is 18.0 Å². The normalized spacial score (nSPS) is 28.1. The smallest absolute Gasteiger partial charge is 0.330 e. The van der Waals surface area contributed by atoms with Gasteiger partial charge in [0.05, 0.1) is 61.6 Å². The summed E-state index contributed by atoms with van der Waals surface area (Å²) >= 11 is 0. The van der Waals surface area contributed by atoms with Crippen LogP contribution >= 0.6 is 7.60 Å². The molecule has 2 saturated carbocycles. The largest absolute Gasteiger partial charge is 0.396 e. The molecule has 1 saturated heterocycles. The summed E-state index contributed by atoms with van der Waals surface area (Å²) in [6, 6.07) is 0. The molecule has 0 bridgehead atoms. The van der Waals surface area contributed by atoms with Crippen molar-refractivity contribution in [3.8, 4) is 0 Å². The molecule has 0 aromatic rings. The van der Waals surface area contributed by atoms with Crippen molar-refractivity contribution in [3.63, 3.8) is 0 Å². The van der Waals surface area contributed by atoms with Crippen molar-refractivity contribution < 1.29 is 103 Å². The van der Waals surface area contributed by atoms with Crippen molar-refractivity contribution in [3.05, 3.63) is 0 Å². The van der Waals surface area contributed by atoms with Gasteiger partial charge in [-0.2, -0.15) is 0 Å². The van der Waals surface area contributed by atoms with Crippen LogP contribution in [0, 0.1) is 29.6 Å². The number of ketones is 1. The van der Waals surface area contributed by atoms with Crippen LogP contribution in [0.3, 0.4) is 0 Å². The highest BCUT2D eigenvalue weighted by Gasteiger charge is 2.44. The van der Waals surface area contributed by atoms with Gasteiger partial charge in [-0.1, -0.05) is 92.4 Å². The Morgan fingerprint density at radius 3 is 1.34 bits per heavy atom. The summed E-state index contributed by atoms with van der Waals surface area (Å²) in [7, 11) is -3.62. The lowest BCUT2D eigenvalue weighted by Gasteiger charge is -2.40. The summed E-state index contributed by atoms with van der Waals surface area (Å²) in [5.41, 5.74) is -1.61. The second-order valence-corrected chi connectivity index (χ2v) is 29.2. The fraction of sp³-hybridized carbons (Fsp3) is 0.924. The number of nitrogens with one attached hydrogen (secondary N) is 4. The first-order valence-corrected chi connectivity index (χ1v) is 36.6. The quantitative estimate of drug-likeness (QED) is 0.0294. The first kappa shape index (κ1) is 83.4. The third kappa shape index (κ3) is 31.6. The molecule has 7 unspecified atom stereocenters. The number of aliphatic hydroxyl groups is 9. The molecule has 0 aromatic carbocycles. The lowest BCUT2D eigenvalue weighted by molar-refractivity contribution is -0.282. The van der Waals surface area contributed by atoms with E-state index in [4.69, 9.17) is 23.5 Å². The topological polar surface area (TPSA) is 399 Å². The SMILES string of the molecule is CC1[C@H](OCCCCCCCC(=O)CCC(CCC(=O)NCCCCCCO[C@@H]2CC(CO)[C@H](O)[C@H](O)C2C)(CCC(=O)NCCCCCCO[C@@H]2CC(CO)[C@H](O)[C@H](O)C2C)NC(=O)CCCC(=O)NCCCCCCOP(=O)(O)C(C)C)OC(CO)[C@H](O)[C@@H]1O. The molecule has 3 aliphatic rings. The van der Waals surface area contributed by atoms with Gasteiger partial charge in [0.15, 0.2) is 6.29 Å². The highest BCUT2D eigenvalue weighted by molar-refractivity contribution is 7.53. The summed E-state index contributed by atoms with van der Waals surface area (Å²) in [5.74, 6) is -3.06. The number of rotatable bonds is 51. The molecule has 26 heteroatoms. The Labute approximate surface area is 547 Å². The second-order valence-electron chi connectivity index (χ2n) is 26.8. The lowest BCUT2D eigenvalue weighted by Crippen LogP contribution is -2.55. The van der Waals surface area contributed by atoms with Gasteiger partial charge in [0.25, 0.3) is 0 Å². The highest BCUT2D eigenvalue weighted by Crippen LogP contribution is 2.47. The van der Waals surface area contributed by atoms with Crippen molar-refractivity contribution in [2.75, 3.05) is 65.9 Å². The van der Waals surface area contributed by atoms with E-state index < -0.39 is 92.2 Å². The predicted octanol–water partition coefficient (Wildman–Crippen LogP) is 4.50. The second kappa shape index (κ2) is 46.4. The minimum atomic E-state index is -3.62. The van der Waals surface area contributed by atoms with Gasteiger partial charge in [-0.05, 0) is 89.9 Å². The van der Waals surface area contributed by atoms with Gasteiger partial charge in [-0.25, -0.2) is 0 Å². The maximum atomic E-state index is 14.0. The molecule has 538 valence electrons. The van der Waals surface area contributed by atoms with Crippen LogP contribution in [0.1, 0.15) is 221 Å². The average Bonchev–Trinajstić information content (AvgIpc) is 0.965. The Balaban J connectivity index is 1.61. The zero-order chi connectivity index (χ0) is 68.1. The van der Waals surface area contributed by atoms with E-state index in [0.717, 1.165) is 70.6 Å². The molecular weight excluding hydrogens is 1220 g/mol. The van der Waals surface area contributed by atoms with Crippen molar-refractivity contribution in [2.24, 2.45) is 29.6 Å². The monoisotopic (exact) mass is 1340 g/mol. The van der Waals surface area contributed by atoms with E-state index >= 15 is 0 Å². The van der Waals surface area contributed by atoms with Gasteiger partial charge >= 0.3 is 7.60 Å². The molecule has 3 rings (SSSR count). The predicted molar refractivity (Wildman–Crippen MR) is 346 cm³/mol. The summed E-state index contributed by atoms with van der Waals surface area (Å²) in [6.07, 6.45) is 6.24. The van der Waals surface area contributed by atoms with Crippen LogP contribution in [0.2, 0.25) is 0 Å². The molecule has 1 aliphatic heterocycles. The van der Waals surface area contributed by atoms with Crippen LogP contribution in [-0.4, -0.2) is 219 Å². The average molecular weight is 1340 g/mol. The molecule has 0 radical (unpaired) electrons. The molecule has 16 atom stereocenters. The van der Waals surface area contributed by atoms with Crippen LogP contribution in [0.15, 0.2) is 0 Å². The molecule has 25 nitrogen and oxygen atoms in total. The summed E-state index contributed by atoms with van der Waals surface area (Å²) in [4.78, 5) is 77.6. The number of hydrogen-bond donors (Lipinski definition) is 14. The minimum absolute atomic E-state index is 0.00245. The molecule has 4 amide bonds. The number of unbranched alkanes of at least 4 members (excludes halogenated alkanes) is 13. The molecule has 0 spiro atoms. The van der Waals surface area contributed by atoms with E-state index in [9.17, 15) is 79.4 Å². The third-order valence-electron chi connectivity index (χ3n) is 19.1. The van der Waals surface area contributed by atoms with Gasteiger partial charge < -0.3 is 95.6 Å². The number of aliphatic hydroxyl groups excluding tert-OH is 9. The van der Waals surface area contributed by atoms with Gasteiger partial charge in [-0.3, -0.25) is 28.5 Å². The Morgan fingerprint density at radius 2 is 0.870 bits per heavy atom. The number of carbonyl (C=O) groups is 5. The van der Waals surface area contributed by atoms with Crippen LogP contribution < -0.4 is 21.3 Å². The Morgan fingerprint density at radius 1 is 0.467 bits per heavy atom. The maximum Gasteiger partial charge on any atom is 0.330 e. The molecule has 92 heavy (non-hydrogen) atoms. The highest BCUT2D eigenvalue weighted by atomic mass is 31.2. The molecule has 0 aromatic heterocycles. The van der Waals surface area contributed by atoms with E-state index in [1.165, 1.54) is 0 Å². The maximum absolute atomic E-state index is 14.0. The molecule has 14 N–H and O–H groups in total. The molecule has 3 fully saturated rings. The van der Waals surface area contributed by atoms with E-state index in [2.05, 4.69) is 21.3 Å². The van der Waals surface area contributed by atoms with Crippen molar-refractivity contribution in [1.29, 1.82) is 0 Å². The third-order valence-corrected chi connectivity index (χ3v) is 20.9. The summed E-state index contributed by atoms with van der Waals surface area (Å²) in [5, 5.41) is 103. The molecule has 2 aliphatic carbocycles. The van der Waals surface area contributed by atoms with Gasteiger partial charge in [0, 0.05) is 126 Å². The zero-order valence-electron chi connectivity index (χ0n) is 56.2. The van der Waals surface area contributed by atoms with Crippen molar-refractivity contribution in [2.45, 2.75) is 293 Å². The van der Waals surface area contributed by atoms with Crippen LogP contribution in [0.25, 0.3) is 0 Å². The van der Waals surface area contributed by atoms with E-state index in [1.807, 2.05) is 13.8 Å². The summed E-state index contributed by atoms with van der Waals surface area (Å²) in [6.45, 7) is 10.4. The molecular formula is C66H123N4O21P. The number of amides is 4. The van der Waals surface area contributed by atoms with Gasteiger partial charge in [0.2, 0.25) is 23.6 Å². The van der Waals surface area contributed by atoms with Crippen LogP contribution in [0.5, 0.6) is 0 Å². The van der Waals surface area contributed by atoms with Gasteiger partial charge in [-0.15, -0.1) is 0 Å². The fourth-order valence-corrected chi connectivity index (χ4v) is 13.0. The number of ether oxygens (including phenoxy) is 4. The number of carbonyl (C=O) groups excluding carboxylic acids is 5. The lowest BCUT2D eigenvalue weighted by atomic mass is 9.77. The van der Waals surface area contributed by atoms with Crippen molar-refractivity contribution >= 4 is 37.0 Å².